The van der Waals surface area contributed by atoms with Gasteiger partial charge in [0.2, 0.25) is 0 Å². The molecular weight excluding hydrogens is 396 g/mol. The number of amides is 1. The van der Waals surface area contributed by atoms with Crippen molar-refractivity contribution in [3.63, 3.8) is 0 Å². The summed E-state index contributed by atoms with van der Waals surface area (Å²) in [6, 6.07) is 12.2. The minimum Gasteiger partial charge on any atom is -0.478 e. The van der Waals surface area contributed by atoms with E-state index in [0.717, 1.165) is 48.9 Å². The first-order valence-corrected chi connectivity index (χ1v) is 10.5. The molecule has 4 heterocycles. The highest BCUT2D eigenvalue weighted by Crippen LogP contribution is 2.32. The third-order valence-electron chi connectivity index (χ3n) is 6.36. The van der Waals surface area contributed by atoms with Gasteiger partial charge in [0.05, 0.1) is 29.5 Å². The fourth-order valence-electron chi connectivity index (χ4n) is 4.60. The fraction of sp³-hybridized carbons (Fsp3) is 0.348. The first-order valence-electron chi connectivity index (χ1n) is 10.5. The molecule has 3 aliphatic heterocycles. The van der Waals surface area contributed by atoms with E-state index in [9.17, 15) is 9.59 Å². The molecule has 0 radical (unpaired) electrons. The van der Waals surface area contributed by atoms with Gasteiger partial charge in [-0.1, -0.05) is 24.3 Å². The molecule has 3 aromatic rings. The summed E-state index contributed by atoms with van der Waals surface area (Å²) in [5.74, 6) is -0.569. The van der Waals surface area contributed by atoms with Gasteiger partial charge in [0.25, 0.3) is 0 Å². The number of nitrogens with zero attached hydrogens (tertiary/aromatic N) is 3. The monoisotopic (exact) mass is 420 g/mol. The zero-order valence-corrected chi connectivity index (χ0v) is 17.0. The number of carbonyl (C=O) groups excluding carboxylic acids is 1. The van der Waals surface area contributed by atoms with E-state index < -0.39 is 12.1 Å². The van der Waals surface area contributed by atoms with Crippen LogP contribution in [0.3, 0.4) is 0 Å². The lowest BCUT2D eigenvalue weighted by Crippen LogP contribution is -2.53. The van der Waals surface area contributed by atoms with Crippen molar-refractivity contribution in [1.29, 1.82) is 0 Å². The number of piperidine rings is 3. The van der Waals surface area contributed by atoms with Crippen molar-refractivity contribution in [2.75, 3.05) is 24.5 Å². The van der Waals surface area contributed by atoms with Crippen LogP contribution in [0.2, 0.25) is 0 Å². The lowest BCUT2D eigenvalue weighted by molar-refractivity contribution is -0.0311. The number of carboxylic acid groups (broad SMARTS) is 1. The maximum absolute atomic E-state index is 13.4. The second-order valence-electron chi connectivity index (χ2n) is 8.26. The van der Waals surface area contributed by atoms with Crippen LogP contribution in [-0.4, -0.2) is 58.0 Å². The Morgan fingerprint density at radius 1 is 1.16 bits per heavy atom. The van der Waals surface area contributed by atoms with Crippen LogP contribution < -0.4 is 4.90 Å². The van der Waals surface area contributed by atoms with E-state index in [1.54, 1.807) is 35.4 Å². The van der Waals surface area contributed by atoms with Crippen LogP contribution in [-0.2, 0) is 11.3 Å². The van der Waals surface area contributed by atoms with E-state index in [1.165, 1.54) is 0 Å². The number of benzene rings is 2. The van der Waals surface area contributed by atoms with Crippen molar-refractivity contribution in [3.8, 4) is 0 Å². The average molecular weight is 420 g/mol. The number of fused-ring (bicyclic) bond motifs is 4. The maximum atomic E-state index is 13.4. The molecule has 6 rings (SSSR count). The Balaban J connectivity index is 1.44. The minimum absolute atomic E-state index is 0.104. The molecule has 1 atom stereocenters. The number of anilines is 1. The van der Waals surface area contributed by atoms with Crippen LogP contribution in [0.5, 0.6) is 0 Å². The number of para-hydroxylation sites is 1. The fourth-order valence-corrected chi connectivity index (χ4v) is 4.60. The zero-order chi connectivity index (χ0) is 21.4. The molecule has 1 aromatic heterocycles. The summed E-state index contributed by atoms with van der Waals surface area (Å²) < 4.78 is 6.02. The molecule has 2 N–H and O–H groups in total. The van der Waals surface area contributed by atoms with Crippen LogP contribution in [0.4, 0.5) is 10.5 Å². The number of ether oxygens (including phenoxy) is 1. The normalized spacial score (nSPS) is 22.4. The standard InChI is InChI=1S/C23H24N4O4/c28-22(29)17-6-4-15(5-7-17)13-27(19-3-1-2-18-12-24-25-21(18)19)23(30)31-20-14-26-10-8-16(20)9-11-26/h1-7,12,16,20H,8-11,13-14H2,(H,24,25)(H,28,29)/t20-/m0/s1. The van der Waals surface area contributed by atoms with Gasteiger partial charge >= 0.3 is 12.1 Å². The van der Waals surface area contributed by atoms with Crippen molar-refractivity contribution in [3.05, 3.63) is 59.8 Å². The second-order valence-corrected chi connectivity index (χ2v) is 8.26. The van der Waals surface area contributed by atoms with Crippen LogP contribution >= 0.6 is 0 Å². The summed E-state index contributed by atoms with van der Waals surface area (Å²) in [5, 5.41) is 17.1. The van der Waals surface area contributed by atoms with E-state index in [2.05, 4.69) is 15.1 Å². The maximum Gasteiger partial charge on any atom is 0.414 e. The molecule has 0 spiro atoms. The zero-order valence-electron chi connectivity index (χ0n) is 17.0. The van der Waals surface area contributed by atoms with Crippen molar-refractivity contribution in [2.45, 2.75) is 25.5 Å². The summed E-state index contributed by atoms with van der Waals surface area (Å²) in [6.07, 6.45) is 3.34. The van der Waals surface area contributed by atoms with Gasteiger partial charge in [0.15, 0.2) is 0 Å². The Kier molecular flexibility index (Phi) is 5.07. The molecule has 2 aromatic carbocycles. The summed E-state index contributed by atoms with van der Waals surface area (Å²) in [4.78, 5) is 28.5. The van der Waals surface area contributed by atoms with Crippen molar-refractivity contribution < 1.29 is 19.4 Å². The molecule has 8 nitrogen and oxygen atoms in total. The third kappa shape index (κ3) is 3.86. The summed E-state index contributed by atoms with van der Waals surface area (Å²) in [5.41, 5.74) is 2.47. The van der Waals surface area contributed by atoms with Gasteiger partial charge < -0.3 is 9.84 Å². The molecule has 1 amide bonds. The number of hydrogen-bond acceptors (Lipinski definition) is 5. The first kappa shape index (κ1) is 19.6. The topological polar surface area (TPSA) is 98.8 Å². The summed E-state index contributed by atoms with van der Waals surface area (Å²) >= 11 is 0. The first-order chi connectivity index (χ1) is 15.1. The SMILES string of the molecule is O=C(O)c1ccc(CN(C(=O)O[C@H]2CN3CCC2CC3)c2cccc3cn[nH]c23)cc1. The average Bonchev–Trinajstić information content (AvgIpc) is 3.28. The Labute approximate surface area is 179 Å². The van der Waals surface area contributed by atoms with E-state index in [4.69, 9.17) is 9.84 Å². The molecule has 160 valence electrons. The highest BCUT2D eigenvalue weighted by molar-refractivity contribution is 5.99. The smallest absolute Gasteiger partial charge is 0.414 e. The van der Waals surface area contributed by atoms with E-state index in [-0.39, 0.29) is 18.2 Å². The molecule has 8 heteroatoms. The van der Waals surface area contributed by atoms with E-state index >= 15 is 0 Å². The molecule has 0 aliphatic carbocycles. The second kappa shape index (κ2) is 8.03. The van der Waals surface area contributed by atoms with Gasteiger partial charge in [-0.25, -0.2) is 9.59 Å². The quantitative estimate of drug-likeness (QED) is 0.656. The number of aromatic carboxylic acids is 1. The van der Waals surface area contributed by atoms with Gasteiger partial charge in [-0.2, -0.15) is 5.10 Å². The predicted molar refractivity (Wildman–Crippen MR) is 115 cm³/mol. The molecule has 31 heavy (non-hydrogen) atoms. The molecule has 2 bridgehead atoms. The summed E-state index contributed by atoms with van der Waals surface area (Å²) in [6.45, 7) is 3.20. The summed E-state index contributed by atoms with van der Waals surface area (Å²) in [7, 11) is 0. The lowest BCUT2D eigenvalue weighted by atomic mass is 9.86. The number of nitrogens with one attached hydrogen (secondary N) is 1. The lowest BCUT2D eigenvalue weighted by Gasteiger charge is -2.44. The van der Waals surface area contributed by atoms with Gasteiger partial charge in [-0.15, -0.1) is 0 Å². The highest BCUT2D eigenvalue weighted by Gasteiger charge is 2.37. The number of carboxylic acids is 1. The largest absolute Gasteiger partial charge is 0.478 e. The number of hydrogen-bond donors (Lipinski definition) is 2. The van der Waals surface area contributed by atoms with Crippen LogP contribution in [0.25, 0.3) is 10.9 Å². The Bertz CT molecular complexity index is 1100. The number of H-pyrrole nitrogens is 1. The minimum atomic E-state index is -0.979. The van der Waals surface area contributed by atoms with Gasteiger partial charge in [0, 0.05) is 11.9 Å². The Morgan fingerprint density at radius 2 is 1.94 bits per heavy atom. The van der Waals surface area contributed by atoms with Crippen LogP contribution in [0.15, 0.2) is 48.7 Å². The van der Waals surface area contributed by atoms with E-state index in [0.29, 0.717) is 11.6 Å². The molecule has 3 aliphatic rings. The molecule has 0 unspecified atom stereocenters. The molecular formula is C23H24N4O4. The number of carbonyl (C=O) groups is 2. The highest BCUT2D eigenvalue weighted by atomic mass is 16.6. The number of aromatic nitrogens is 2. The Hall–Kier alpha value is -3.39. The number of aromatic amines is 1. The Morgan fingerprint density at radius 3 is 2.61 bits per heavy atom. The molecule has 0 saturated carbocycles. The van der Waals surface area contributed by atoms with Gasteiger partial charge in [0.1, 0.15) is 6.10 Å². The molecule has 3 saturated heterocycles. The number of rotatable bonds is 5. The van der Waals surface area contributed by atoms with E-state index in [1.807, 2.05) is 18.2 Å². The van der Waals surface area contributed by atoms with Crippen LogP contribution in [0, 0.1) is 5.92 Å². The third-order valence-corrected chi connectivity index (χ3v) is 6.36. The van der Waals surface area contributed by atoms with Crippen molar-refractivity contribution >= 4 is 28.7 Å². The van der Waals surface area contributed by atoms with Crippen LogP contribution in [0.1, 0.15) is 28.8 Å². The molecule has 3 fully saturated rings. The van der Waals surface area contributed by atoms with Gasteiger partial charge in [-0.3, -0.25) is 14.9 Å². The van der Waals surface area contributed by atoms with Crippen molar-refractivity contribution in [2.24, 2.45) is 5.92 Å². The van der Waals surface area contributed by atoms with Crippen molar-refractivity contribution in [1.82, 2.24) is 15.1 Å². The predicted octanol–water partition coefficient (Wildman–Crippen LogP) is 3.50. The van der Waals surface area contributed by atoms with Gasteiger partial charge in [-0.05, 0) is 55.6 Å².